The fraction of sp³-hybridized carbons (Fsp3) is 0.0952. The van der Waals surface area contributed by atoms with Gasteiger partial charge >= 0.3 is 6.18 Å². The maximum absolute atomic E-state index is 13.5. The zero-order valence-electron chi connectivity index (χ0n) is 14.4. The number of hydrogen-bond acceptors (Lipinski definition) is 3. The Hall–Kier alpha value is -3.48. The van der Waals surface area contributed by atoms with Crippen molar-refractivity contribution in [1.82, 2.24) is 0 Å². The number of amides is 1. The second-order valence-corrected chi connectivity index (χ2v) is 6.60. The highest BCUT2D eigenvalue weighted by Crippen LogP contribution is 2.51. The lowest BCUT2D eigenvalue weighted by Gasteiger charge is -2.29. The lowest BCUT2D eigenvalue weighted by molar-refractivity contribution is -0.136. The summed E-state index contributed by atoms with van der Waals surface area (Å²) in [7, 11) is 0. The van der Waals surface area contributed by atoms with E-state index in [-0.39, 0.29) is 17.0 Å². The quantitative estimate of drug-likeness (QED) is 0.578. The molecule has 1 amide bonds. The standard InChI is InChI=1S/C21H15F3N2O2/c22-21(23,24)17-3-1-2-16-18(17)26-19(28)20(16,12-4-8-14(25)9-5-12)13-6-10-15(27)11-7-13/h1-11,27H,25H2,(H,26,28). The summed E-state index contributed by atoms with van der Waals surface area (Å²) in [6.07, 6.45) is -4.62. The molecule has 3 aromatic carbocycles. The number of hydrogen-bond donors (Lipinski definition) is 3. The van der Waals surface area contributed by atoms with Gasteiger partial charge in [0.1, 0.15) is 11.2 Å². The predicted molar refractivity (Wildman–Crippen MR) is 98.9 cm³/mol. The minimum Gasteiger partial charge on any atom is -0.508 e. The highest BCUT2D eigenvalue weighted by atomic mass is 19.4. The number of alkyl halides is 3. The molecule has 0 fully saturated rings. The molecule has 1 aliphatic rings. The van der Waals surface area contributed by atoms with Crippen molar-refractivity contribution >= 4 is 17.3 Å². The Balaban J connectivity index is 2.08. The molecule has 1 unspecified atom stereocenters. The first kappa shape index (κ1) is 17.9. The fourth-order valence-corrected chi connectivity index (χ4v) is 3.75. The fourth-order valence-electron chi connectivity index (χ4n) is 3.75. The number of phenols is 1. The van der Waals surface area contributed by atoms with Gasteiger partial charge in [-0.3, -0.25) is 4.79 Å². The molecule has 0 saturated carbocycles. The van der Waals surface area contributed by atoms with Crippen molar-refractivity contribution in [3.8, 4) is 5.75 Å². The van der Waals surface area contributed by atoms with Crippen LogP contribution in [0.4, 0.5) is 24.5 Å². The molecule has 142 valence electrons. The molecule has 1 atom stereocenters. The summed E-state index contributed by atoms with van der Waals surface area (Å²) in [4.78, 5) is 13.2. The van der Waals surface area contributed by atoms with Crippen LogP contribution < -0.4 is 11.1 Å². The van der Waals surface area contributed by atoms with Gasteiger partial charge in [0.25, 0.3) is 0 Å². The highest BCUT2D eigenvalue weighted by Gasteiger charge is 2.52. The number of phenolic OH excluding ortho intramolecular Hbond substituents is 1. The van der Waals surface area contributed by atoms with Crippen LogP contribution in [-0.2, 0) is 16.4 Å². The number of fused-ring (bicyclic) bond motifs is 1. The summed E-state index contributed by atoms with van der Waals surface area (Å²) in [5.41, 5.74) is 4.66. The van der Waals surface area contributed by atoms with Crippen molar-refractivity contribution in [3.05, 3.63) is 89.0 Å². The molecule has 0 spiro atoms. The molecule has 28 heavy (non-hydrogen) atoms. The minimum atomic E-state index is -4.62. The van der Waals surface area contributed by atoms with Crippen molar-refractivity contribution in [2.75, 3.05) is 11.1 Å². The lowest BCUT2D eigenvalue weighted by Crippen LogP contribution is -2.36. The molecule has 0 aromatic heterocycles. The normalized spacial score (nSPS) is 18.6. The van der Waals surface area contributed by atoms with Crippen molar-refractivity contribution in [2.45, 2.75) is 11.6 Å². The summed E-state index contributed by atoms with van der Waals surface area (Å²) >= 11 is 0. The van der Waals surface area contributed by atoms with Gasteiger partial charge in [0, 0.05) is 11.3 Å². The summed E-state index contributed by atoms with van der Waals surface area (Å²) in [5, 5.41) is 12.1. The van der Waals surface area contributed by atoms with E-state index < -0.39 is 23.1 Å². The number of nitrogen functional groups attached to an aromatic ring is 1. The molecule has 0 radical (unpaired) electrons. The first-order valence-electron chi connectivity index (χ1n) is 8.42. The Morgan fingerprint density at radius 2 is 1.46 bits per heavy atom. The molecule has 0 saturated heterocycles. The topological polar surface area (TPSA) is 75.3 Å². The van der Waals surface area contributed by atoms with Gasteiger partial charge in [0.15, 0.2) is 0 Å². The van der Waals surface area contributed by atoms with Crippen LogP contribution in [0.15, 0.2) is 66.7 Å². The van der Waals surface area contributed by atoms with Gasteiger partial charge in [-0.05, 0) is 41.5 Å². The van der Waals surface area contributed by atoms with E-state index in [2.05, 4.69) is 5.32 Å². The third-order valence-electron chi connectivity index (χ3n) is 5.00. The number of nitrogens with one attached hydrogen (secondary N) is 1. The van der Waals surface area contributed by atoms with Crippen LogP contribution in [-0.4, -0.2) is 11.0 Å². The van der Waals surface area contributed by atoms with Crippen LogP contribution >= 0.6 is 0 Å². The Morgan fingerprint density at radius 1 is 0.893 bits per heavy atom. The Labute approximate surface area is 158 Å². The number of benzene rings is 3. The predicted octanol–water partition coefficient (Wildman–Crippen LogP) is 4.28. The van der Waals surface area contributed by atoms with Crippen LogP contribution in [0.2, 0.25) is 0 Å². The van der Waals surface area contributed by atoms with Gasteiger partial charge in [-0.1, -0.05) is 36.4 Å². The minimum absolute atomic E-state index is 0.0149. The summed E-state index contributed by atoms with van der Waals surface area (Å²) < 4.78 is 40.6. The summed E-state index contributed by atoms with van der Waals surface area (Å²) in [6, 6.07) is 16.0. The van der Waals surface area contributed by atoms with Gasteiger partial charge in [-0.2, -0.15) is 13.2 Å². The number of nitrogens with two attached hydrogens (primary N) is 1. The first-order chi connectivity index (χ1) is 13.2. The number of carbonyl (C=O) groups is 1. The molecule has 4 N–H and O–H groups in total. The largest absolute Gasteiger partial charge is 0.508 e. The van der Waals surface area contributed by atoms with E-state index in [0.717, 1.165) is 6.07 Å². The van der Waals surface area contributed by atoms with Gasteiger partial charge in [0.2, 0.25) is 5.91 Å². The van der Waals surface area contributed by atoms with Gasteiger partial charge in [-0.15, -0.1) is 0 Å². The SMILES string of the molecule is Nc1ccc(C2(c3ccc(O)cc3)C(=O)Nc3c(C(F)(F)F)cccc32)cc1. The molecular weight excluding hydrogens is 369 g/mol. The summed E-state index contributed by atoms with van der Waals surface area (Å²) in [6.45, 7) is 0. The summed E-state index contributed by atoms with van der Waals surface area (Å²) in [5.74, 6) is -0.617. The maximum Gasteiger partial charge on any atom is 0.418 e. The van der Waals surface area contributed by atoms with E-state index in [1.54, 1.807) is 24.3 Å². The van der Waals surface area contributed by atoms with E-state index in [1.807, 2.05) is 0 Å². The Kier molecular flexibility index (Phi) is 3.85. The second kappa shape index (κ2) is 6.02. The number of rotatable bonds is 2. The second-order valence-electron chi connectivity index (χ2n) is 6.60. The van der Waals surface area contributed by atoms with Gasteiger partial charge in [0.05, 0.1) is 11.3 Å². The Morgan fingerprint density at radius 3 is 2.04 bits per heavy atom. The number of para-hydroxylation sites is 1. The van der Waals surface area contributed by atoms with Gasteiger partial charge < -0.3 is 16.2 Å². The Bertz CT molecular complexity index is 1010. The molecule has 0 aliphatic carbocycles. The van der Waals surface area contributed by atoms with Crippen molar-refractivity contribution in [3.63, 3.8) is 0 Å². The van der Waals surface area contributed by atoms with Crippen LogP contribution in [0.3, 0.4) is 0 Å². The number of carbonyl (C=O) groups excluding carboxylic acids is 1. The average molecular weight is 384 g/mol. The number of anilines is 2. The third-order valence-corrected chi connectivity index (χ3v) is 5.00. The first-order valence-corrected chi connectivity index (χ1v) is 8.42. The van der Waals surface area contributed by atoms with E-state index >= 15 is 0 Å². The lowest BCUT2D eigenvalue weighted by atomic mass is 9.70. The van der Waals surface area contributed by atoms with E-state index in [9.17, 15) is 23.1 Å². The number of halogens is 3. The molecule has 7 heteroatoms. The molecule has 4 rings (SSSR count). The zero-order valence-corrected chi connectivity index (χ0v) is 14.4. The van der Waals surface area contributed by atoms with E-state index in [1.165, 1.54) is 36.4 Å². The van der Waals surface area contributed by atoms with E-state index in [0.29, 0.717) is 16.8 Å². The third kappa shape index (κ3) is 2.51. The van der Waals surface area contributed by atoms with Crippen molar-refractivity contribution in [1.29, 1.82) is 0 Å². The monoisotopic (exact) mass is 384 g/mol. The van der Waals surface area contributed by atoms with E-state index in [4.69, 9.17) is 5.73 Å². The molecule has 3 aromatic rings. The van der Waals surface area contributed by atoms with Crippen molar-refractivity contribution in [2.24, 2.45) is 0 Å². The van der Waals surface area contributed by atoms with Crippen molar-refractivity contribution < 1.29 is 23.1 Å². The maximum atomic E-state index is 13.5. The van der Waals surface area contributed by atoms with Crippen LogP contribution in [0, 0.1) is 0 Å². The average Bonchev–Trinajstić information content (AvgIpc) is 2.95. The van der Waals surface area contributed by atoms with Crippen LogP contribution in [0.1, 0.15) is 22.3 Å². The molecule has 4 nitrogen and oxygen atoms in total. The molecule has 1 aliphatic heterocycles. The zero-order chi connectivity index (χ0) is 20.1. The molecule has 1 heterocycles. The van der Waals surface area contributed by atoms with Crippen LogP contribution in [0.25, 0.3) is 0 Å². The number of aromatic hydroxyl groups is 1. The highest BCUT2D eigenvalue weighted by molar-refractivity contribution is 6.12. The van der Waals surface area contributed by atoms with Gasteiger partial charge in [-0.25, -0.2) is 0 Å². The van der Waals surface area contributed by atoms with Crippen LogP contribution in [0.5, 0.6) is 5.75 Å². The molecule has 0 bridgehead atoms. The smallest absolute Gasteiger partial charge is 0.418 e. The molecular formula is C21H15F3N2O2.